The van der Waals surface area contributed by atoms with Gasteiger partial charge in [0.2, 0.25) is 5.95 Å². The lowest BCUT2D eigenvalue weighted by Crippen LogP contribution is -2.25. The van der Waals surface area contributed by atoms with Crippen LogP contribution in [0.4, 0.5) is 4.39 Å². The molecule has 0 aromatic carbocycles. The highest BCUT2D eigenvalue weighted by molar-refractivity contribution is 5.62. The summed E-state index contributed by atoms with van der Waals surface area (Å²) in [6.45, 7) is 0. The Morgan fingerprint density at radius 2 is 2.19 bits per heavy atom. The minimum Gasteiger partial charge on any atom is -0.300 e. The lowest BCUT2D eigenvalue weighted by Gasteiger charge is -2.22. The van der Waals surface area contributed by atoms with Crippen LogP contribution >= 0.6 is 0 Å². The molecule has 0 radical (unpaired) electrons. The second-order valence-corrected chi connectivity index (χ2v) is 6.15. The van der Waals surface area contributed by atoms with Gasteiger partial charge in [0.05, 0.1) is 0 Å². The fourth-order valence-electron chi connectivity index (χ4n) is 4.03. The lowest BCUT2D eigenvalue weighted by atomic mass is 9.84. The zero-order chi connectivity index (χ0) is 14.4. The lowest BCUT2D eigenvalue weighted by molar-refractivity contribution is 0.307. The Balaban J connectivity index is 1.70. The van der Waals surface area contributed by atoms with Crippen LogP contribution in [0.3, 0.4) is 0 Å². The van der Waals surface area contributed by atoms with Gasteiger partial charge in [-0.1, -0.05) is 0 Å². The first-order valence-corrected chi connectivity index (χ1v) is 7.52. The molecule has 0 N–H and O–H groups in total. The van der Waals surface area contributed by atoms with Gasteiger partial charge in [0, 0.05) is 47.7 Å². The van der Waals surface area contributed by atoms with Gasteiger partial charge in [-0.05, 0) is 50.1 Å². The Morgan fingerprint density at radius 3 is 2.90 bits per heavy atom. The number of rotatable bonds is 2. The normalized spacial score (nSPS) is 28.2. The maximum atomic E-state index is 13.8. The van der Waals surface area contributed by atoms with Crippen molar-refractivity contribution in [1.29, 1.82) is 0 Å². The summed E-state index contributed by atoms with van der Waals surface area (Å²) in [6, 6.07) is 6.93. The number of likely N-dealkylation sites (N-methyl/N-ethyl adjacent to an activating group) is 1. The summed E-state index contributed by atoms with van der Waals surface area (Å²) in [6.07, 6.45) is 8.90. The second-order valence-electron chi connectivity index (χ2n) is 6.15. The molecule has 0 saturated carbocycles. The molecule has 2 aliphatic heterocycles. The quantitative estimate of drug-likeness (QED) is 0.792. The first-order chi connectivity index (χ1) is 10.2. The number of fused-ring (bicyclic) bond motifs is 2. The first kappa shape index (κ1) is 12.9. The van der Waals surface area contributed by atoms with Gasteiger partial charge in [-0.2, -0.15) is 4.39 Å². The van der Waals surface area contributed by atoms with E-state index in [2.05, 4.69) is 28.0 Å². The van der Waals surface area contributed by atoms with Crippen molar-refractivity contribution in [1.82, 2.24) is 14.9 Å². The molecule has 3 nitrogen and oxygen atoms in total. The minimum absolute atomic E-state index is 0.429. The Labute approximate surface area is 123 Å². The monoisotopic (exact) mass is 282 g/mol. The van der Waals surface area contributed by atoms with Crippen molar-refractivity contribution in [3.63, 3.8) is 0 Å². The van der Waals surface area contributed by atoms with Crippen molar-refractivity contribution in [2.45, 2.75) is 37.3 Å². The third-order valence-corrected chi connectivity index (χ3v) is 5.14. The second kappa shape index (κ2) is 4.88. The van der Waals surface area contributed by atoms with Gasteiger partial charge >= 0.3 is 0 Å². The van der Waals surface area contributed by atoms with Gasteiger partial charge in [-0.25, -0.2) is 4.98 Å². The molecule has 0 spiro atoms. The van der Waals surface area contributed by atoms with E-state index in [1.165, 1.54) is 31.0 Å². The van der Waals surface area contributed by atoms with Crippen molar-refractivity contribution in [2.75, 3.05) is 7.05 Å². The average molecular weight is 282 g/mol. The van der Waals surface area contributed by atoms with Crippen molar-refractivity contribution < 1.29 is 4.39 Å². The van der Waals surface area contributed by atoms with Crippen LogP contribution in [0.5, 0.6) is 0 Å². The molecule has 0 amide bonds. The molecule has 2 fully saturated rings. The van der Waals surface area contributed by atoms with Gasteiger partial charge in [-0.3, -0.25) is 9.88 Å². The van der Waals surface area contributed by atoms with Crippen LogP contribution in [0.15, 0.2) is 36.8 Å². The molecule has 3 atom stereocenters. The molecule has 3 unspecified atom stereocenters. The maximum absolute atomic E-state index is 13.8. The van der Waals surface area contributed by atoms with E-state index >= 15 is 0 Å². The van der Waals surface area contributed by atoms with E-state index in [0.29, 0.717) is 23.6 Å². The summed E-state index contributed by atoms with van der Waals surface area (Å²) in [5, 5.41) is 0. The molecule has 108 valence electrons. The molecule has 0 aliphatic carbocycles. The van der Waals surface area contributed by atoms with E-state index in [1.54, 1.807) is 18.3 Å². The van der Waals surface area contributed by atoms with E-state index in [9.17, 15) is 4.39 Å². The third kappa shape index (κ3) is 2.05. The van der Waals surface area contributed by atoms with E-state index in [-0.39, 0.29) is 0 Å². The Morgan fingerprint density at radius 1 is 1.29 bits per heavy atom. The highest BCUT2D eigenvalue weighted by Crippen LogP contribution is 2.45. The maximum Gasteiger partial charge on any atom is 0.220 e. The van der Waals surface area contributed by atoms with Crippen molar-refractivity contribution in [3.05, 3.63) is 48.3 Å². The molecule has 21 heavy (non-hydrogen) atoms. The van der Waals surface area contributed by atoms with Gasteiger partial charge < -0.3 is 0 Å². The van der Waals surface area contributed by atoms with Crippen LogP contribution in [0.1, 0.15) is 30.7 Å². The molecular weight excluding hydrogens is 264 g/mol. The van der Waals surface area contributed by atoms with Gasteiger partial charge in [0.15, 0.2) is 0 Å². The molecule has 2 saturated heterocycles. The van der Waals surface area contributed by atoms with Crippen LogP contribution in [0.25, 0.3) is 11.1 Å². The highest BCUT2D eigenvalue weighted by atomic mass is 18.2. The summed E-state index contributed by atoms with van der Waals surface area (Å²) in [4.78, 5) is 10.6. The Bertz CT molecular complexity index is 673. The van der Waals surface area contributed by atoms with E-state index in [4.69, 9.17) is 0 Å². The van der Waals surface area contributed by atoms with Crippen LogP contribution in [-0.4, -0.2) is 34.0 Å². The molecule has 2 aromatic rings. The van der Waals surface area contributed by atoms with Gasteiger partial charge in [-0.15, -0.1) is 0 Å². The molecule has 4 rings (SSSR count). The standard InChI is InChI=1S/C17H18FN3/c1-21-13-4-5-16(21)15(8-13)12-7-11(9-19-10-12)14-3-2-6-20-17(14)18/h2-3,6-7,9-10,13,15-16H,4-5,8H2,1H3/i18-1. The summed E-state index contributed by atoms with van der Waals surface area (Å²) in [5.74, 6) is 0.0995. The number of nitrogens with zero attached hydrogens (tertiary/aromatic N) is 3. The van der Waals surface area contributed by atoms with Gasteiger partial charge in [0.25, 0.3) is 0 Å². The average Bonchev–Trinajstić information content (AvgIpc) is 3.03. The van der Waals surface area contributed by atoms with Gasteiger partial charge in [0.1, 0.15) is 0 Å². The van der Waals surface area contributed by atoms with Crippen LogP contribution < -0.4 is 0 Å². The fraction of sp³-hybridized carbons (Fsp3) is 0.412. The van der Waals surface area contributed by atoms with E-state index in [1.807, 2.05) is 6.20 Å². The minimum atomic E-state index is -0.429. The van der Waals surface area contributed by atoms with E-state index in [0.717, 1.165) is 5.56 Å². The summed E-state index contributed by atoms with van der Waals surface area (Å²) < 4.78 is 13.8. The largest absolute Gasteiger partial charge is 0.300 e. The summed E-state index contributed by atoms with van der Waals surface area (Å²) >= 11 is 0. The molecule has 4 heteroatoms. The predicted molar refractivity (Wildman–Crippen MR) is 79.4 cm³/mol. The van der Waals surface area contributed by atoms with Crippen LogP contribution in [0.2, 0.25) is 0 Å². The Hall–Kier alpha value is -1.81. The van der Waals surface area contributed by atoms with Crippen LogP contribution in [0, 0.1) is 5.95 Å². The third-order valence-electron chi connectivity index (χ3n) is 5.14. The number of pyridine rings is 2. The zero-order valence-corrected chi connectivity index (χ0v) is 12.0. The predicted octanol–water partition coefficient (Wildman–Crippen LogP) is 3.23. The van der Waals surface area contributed by atoms with E-state index < -0.39 is 5.95 Å². The fourth-order valence-corrected chi connectivity index (χ4v) is 4.03. The van der Waals surface area contributed by atoms with Crippen LogP contribution in [-0.2, 0) is 0 Å². The highest BCUT2D eigenvalue weighted by Gasteiger charge is 2.44. The topological polar surface area (TPSA) is 29.0 Å². The smallest absolute Gasteiger partial charge is 0.220 e. The summed E-state index contributed by atoms with van der Waals surface area (Å²) in [7, 11) is 2.22. The van der Waals surface area contributed by atoms with Crippen molar-refractivity contribution in [3.8, 4) is 11.1 Å². The van der Waals surface area contributed by atoms with Crippen molar-refractivity contribution in [2.24, 2.45) is 0 Å². The molecule has 2 bridgehead atoms. The molecule has 4 heterocycles. The number of aromatic nitrogens is 2. The SMILES string of the molecule is CN1C2CCC1C(c1cncc(-c3cccnc3[18F])c1)C2. The number of hydrogen-bond donors (Lipinski definition) is 0. The first-order valence-electron chi connectivity index (χ1n) is 7.52. The zero-order valence-electron chi connectivity index (χ0n) is 12.0. The molecular formula is C17H18FN3. The van der Waals surface area contributed by atoms with Crippen molar-refractivity contribution >= 4 is 0 Å². The number of halogens is 1. The Kier molecular flexibility index (Phi) is 3.00. The molecule has 2 aromatic heterocycles. The molecule has 2 aliphatic rings. The number of hydrogen-bond acceptors (Lipinski definition) is 3. The summed E-state index contributed by atoms with van der Waals surface area (Å²) in [5.41, 5.74) is 2.58.